The van der Waals surface area contributed by atoms with Crippen molar-refractivity contribution in [2.75, 3.05) is 5.73 Å². The van der Waals surface area contributed by atoms with Gasteiger partial charge in [0.05, 0.1) is 26.4 Å². The van der Waals surface area contributed by atoms with Crippen molar-refractivity contribution in [1.29, 1.82) is 0 Å². The Hall–Kier alpha value is -1.82. The lowest BCUT2D eigenvalue weighted by atomic mass is 10.2. The van der Waals surface area contributed by atoms with E-state index in [1.165, 1.54) is 4.68 Å². The van der Waals surface area contributed by atoms with E-state index in [1.807, 2.05) is 0 Å². The number of anilines is 1. The highest BCUT2D eigenvalue weighted by atomic mass is 35.5. The number of hydrogen-bond donors (Lipinski definition) is 1. The van der Waals surface area contributed by atoms with Crippen LogP contribution < -0.4 is 5.73 Å². The van der Waals surface area contributed by atoms with Crippen molar-refractivity contribution in [2.24, 2.45) is 0 Å². The molecule has 0 radical (unpaired) electrons. The molecule has 0 saturated heterocycles. The second-order valence-corrected chi connectivity index (χ2v) is 5.41. The van der Waals surface area contributed by atoms with Crippen molar-refractivity contribution in [1.82, 2.24) is 20.2 Å². The normalized spacial score (nSPS) is 10.8. The molecule has 2 N–H and O–H groups in total. The van der Waals surface area contributed by atoms with Crippen molar-refractivity contribution in [3.8, 4) is 17.1 Å². The van der Waals surface area contributed by atoms with Gasteiger partial charge in [0.15, 0.2) is 5.82 Å². The number of nitrogens with two attached hydrogens (primary N) is 1. The molecule has 0 atom stereocenters. The molecule has 106 valence electrons. The molecule has 0 aliphatic heterocycles. The van der Waals surface area contributed by atoms with Gasteiger partial charge in [-0.3, -0.25) is 0 Å². The maximum atomic E-state index is 6.22. The molecular weight excluding hydrogens is 333 g/mol. The van der Waals surface area contributed by atoms with Crippen LogP contribution in [-0.2, 0) is 0 Å². The number of hydrogen-bond acceptors (Lipinski definition) is 4. The van der Waals surface area contributed by atoms with Crippen LogP contribution in [0.2, 0.25) is 15.1 Å². The van der Waals surface area contributed by atoms with Crippen LogP contribution in [0.5, 0.6) is 0 Å². The number of benzene rings is 2. The lowest BCUT2D eigenvalue weighted by Gasteiger charge is -2.08. The molecule has 2 aromatic carbocycles. The van der Waals surface area contributed by atoms with Crippen molar-refractivity contribution in [2.45, 2.75) is 0 Å². The van der Waals surface area contributed by atoms with Gasteiger partial charge in [0.1, 0.15) is 0 Å². The van der Waals surface area contributed by atoms with Gasteiger partial charge >= 0.3 is 0 Å². The molecule has 0 unspecified atom stereocenters. The van der Waals surface area contributed by atoms with Gasteiger partial charge in [-0.25, -0.2) is 0 Å². The first-order valence-corrected chi connectivity index (χ1v) is 6.99. The summed E-state index contributed by atoms with van der Waals surface area (Å²) in [7, 11) is 0. The smallest absolute Gasteiger partial charge is 0.188 e. The van der Waals surface area contributed by atoms with Gasteiger partial charge in [0.2, 0.25) is 0 Å². The Labute approximate surface area is 135 Å². The van der Waals surface area contributed by atoms with Gasteiger partial charge in [-0.2, -0.15) is 4.68 Å². The number of nitrogens with zero attached hydrogens (tertiary/aromatic N) is 4. The van der Waals surface area contributed by atoms with E-state index in [4.69, 9.17) is 40.5 Å². The summed E-state index contributed by atoms with van der Waals surface area (Å²) in [5.41, 5.74) is 7.57. The molecule has 3 aromatic rings. The van der Waals surface area contributed by atoms with E-state index in [0.717, 1.165) is 0 Å². The second kappa shape index (κ2) is 5.52. The van der Waals surface area contributed by atoms with Crippen LogP contribution >= 0.6 is 34.8 Å². The van der Waals surface area contributed by atoms with E-state index in [2.05, 4.69) is 15.5 Å². The highest BCUT2D eigenvalue weighted by molar-refractivity contribution is 6.42. The summed E-state index contributed by atoms with van der Waals surface area (Å²) in [5, 5.41) is 12.9. The first-order chi connectivity index (χ1) is 10.1. The molecule has 8 heteroatoms. The largest absolute Gasteiger partial charge is 0.398 e. The molecule has 0 bridgehead atoms. The summed E-state index contributed by atoms with van der Waals surface area (Å²) < 4.78 is 1.52. The van der Waals surface area contributed by atoms with Crippen LogP contribution in [0.15, 0.2) is 36.4 Å². The fraction of sp³-hybridized carbons (Fsp3) is 0. The van der Waals surface area contributed by atoms with Crippen LogP contribution in [0.1, 0.15) is 0 Å². The Morgan fingerprint density at radius 2 is 1.81 bits per heavy atom. The monoisotopic (exact) mass is 339 g/mol. The Bertz CT molecular complexity index is 815. The summed E-state index contributed by atoms with van der Waals surface area (Å²) >= 11 is 18.2. The Kier molecular flexibility index (Phi) is 3.71. The Morgan fingerprint density at radius 1 is 1.00 bits per heavy atom. The average Bonchev–Trinajstić information content (AvgIpc) is 2.94. The maximum Gasteiger partial charge on any atom is 0.188 e. The lowest BCUT2D eigenvalue weighted by Crippen LogP contribution is -2.01. The maximum absolute atomic E-state index is 6.22. The van der Waals surface area contributed by atoms with Crippen molar-refractivity contribution >= 4 is 40.5 Å². The molecule has 3 rings (SSSR count). The molecule has 5 nitrogen and oxygen atoms in total. The summed E-state index contributed by atoms with van der Waals surface area (Å²) in [4.78, 5) is 0. The van der Waals surface area contributed by atoms with Crippen molar-refractivity contribution < 1.29 is 0 Å². The minimum Gasteiger partial charge on any atom is -0.398 e. The third kappa shape index (κ3) is 2.55. The van der Waals surface area contributed by atoms with Crippen molar-refractivity contribution in [3.63, 3.8) is 0 Å². The van der Waals surface area contributed by atoms with E-state index in [9.17, 15) is 0 Å². The topological polar surface area (TPSA) is 69.6 Å². The van der Waals surface area contributed by atoms with Crippen LogP contribution in [0.3, 0.4) is 0 Å². The Morgan fingerprint density at radius 3 is 2.57 bits per heavy atom. The molecule has 0 spiro atoms. The van der Waals surface area contributed by atoms with E-state index in [0.29, 0.717) is 37.8 Å². The first-order valence-electron chi connectivity index (χ1n) is 5.86. The zero-order valence-electron chi connectivity index (χ0n) is 10.5. The summed E-state index contributed by atoms with van der Waals surface area (Å²) in [5.74, 6) is 0.464. The molecular formula is C13H8Cl3N5. The highest BCUT2D eigenvalue weighted by Gasteiger charge is 2.15. The molecule has 1 aromatic heterocycles. The zero-order valence-corrected chi connectivity index (χ0v) is 12.7. The summed E-state index contributed by atoms with van der Waals surface area (Å²) in [6.07, 6.45) is 0. The van der Waals surface area contributed by atoms with Crippen molar-refractivity contribution in [3.05, 3.63) is 51.5 Å². The highest BCUT2D eigenvalue weighted by Crippen LogP contribution is 2.32. The second-order valence-electron chi connectivity index (χ2n) is 4.22. The number of aromatic nitrogens is 4. The van der Waals surface area contributed by atoms with Crippen LogP contribution in [-0.4, -0.2) is 20.2 Å². The molecule has 0 aliphatic rings. The third-order valence-corrected chi connectivity index (χ3v) is 4.05. The molecule has 0 fully saturated rings. The molecule has 1 heterocycles. The van der Waals surface area contributed by atoms with Gasteiger partial charge in [-0.15, -0.1) is 5.10 Å². The standard InChI is InChI=1S/C13H8Cl3N5/c14-9-5-4-7(6-10(9)15)21-13(18-19-20-21)8-2-1-3-11(17)12(8)16/h1-6H,17H2. The molecule has 0 saturated carbocycles. The molecule has 0 aliphatic carbocycles. The van der Waals surface area contributed by atoms with Crippen LogP contribution in [0, 0.1) is 0 Å². The number of halogens is 3. The van der Waals surface area contributed by atoms with Gasteiger partial charge in [-0.05, 0) is 40.8 Å². The Balaban J connectivity index is 2.17. The van der Waals surface area contributed by atoms with Gasteiger partial charge < -0.3 is 5.73 Å². The van der Waals surface area contributed by atoms with Gasteiger partial charge in [-0.1, -0.05) is 40.9 Å². The third-order valence-electron chi connectivity index (χ3n) is 2.89. The van der Waals surface area contributed by atoms with Gasteiger partial charge in [0, 0.05) is 5.56 Å². The quantitative estimate of drug-likeness (QED) is 0.719. The average molecular weight is 341 g/mol. The predicted molar refractivity (Wildman–Crippen MR) is 84.0 cm³/mol. The first kappa shape index (κ1) is 14.1. The van der Waals surface area contributed by atoms with Crippen LogP contribution in [0.4, 0.5) is 5.69 Å². The van der Waals surface area contributed by atoms with E-state index in [-0.39, 0.29) is 0 Å². The number of tetrazole rings is 1. The SMILES string of the molecule is Nc1cccc(-c2nnnn2-c2ccc(Cl)c(Cl)c2)c1Cl. The number of nitrogen functional groups attached to an aromatic ring is 1. The van der Waals surface area contributed by atoms with Crippen LogP contribution in [0.25, 0.3) is 17.1 Å². The minimum absolute atomic E-state index is 0.397. The predicted octanol–water partition coefficient (Wildman–Crippen LogP) is 3.87. The fourth-order valence-electron chi connectivity index (χ4n) is 1.87. The summed E-state index contributed by atoms with van der Waals surface area (Å²) in [6, 6.07) is 10.4. The molecule has 21 heavy (non-hydrogen) atoms. The van der Waals surface area contributed by atoms with Gasteiger partial charge in [0.25, 0.3) is 0 Å². The molecule has 0 amide bonds. The lowest BCUT2D eigenvalue weighted by molar-refractivity contribution is 0.791. The van der Waals surface area contributed by atoms with E-state index >= 15 is 0 Å². The summed E-state index contributed by atoms with van der Waals surface area (Å²) in [6.45, 7) is 0. The number of rotatable bonds is 2. The van der Waals surface area contributed by atoms with E-state index in [1.54, 1.807) is 36.4 Å². The minimum atomic E-state index is 0.397. The fourth-order valence-corrected chi connectivity index (χ4v) is 2.37. The zero-order chi connectivity index (χ0) is 15.0. The van der Waals surface area contributed by atoms with E-state index < -0.39 is 0 Å².